The Morgan fingerprint density at radius 1 is 1.35 bits per heavy atom. The average Bonchev–Trinajstić information content (AvgIpc) is 3.30. The quantitative estimate of drug-likeness (QED) is 0.844. The first-order chi connectivity index (χ1) is 9.75. The van der Waals surface area contributed by atoms with Gasteiger partial charge in [-0.2, -0.15) is 11.8 Å². The van der Waals surface area contributed by atoms with Crippen molar-refractivity contribution in [3.05, 3.63) is 30.1 Å². The summed E-state index contributed by atoms with van der Waals surface area (Å²) in [4.78, 5) is 4.43. The summed E-state index contributed by atoms with van der Waals surface area (Å²) in [6, 6.07) is 6.59. The minimum Gasteiger partial charge on any atom is -0.389 e. The lowest BCUT2D eigenvalue weighted by Gasteiger charge is -2.33. The van der Waals surface area contributed by atoms with Gasteiger partial charge in [-0.3, -0.25) is 4.98 Å². The molecule has 1 aromatic rings. The van der Waals surface area contributed by atoms with Gasteiger partial charge in [0.2, 0.25) is 0 Å². The van der Waals surface area contributed by atoms with Gasteiger partial charge in [0.25, 0.3) is 0 Å². The standard InChI is InChI=1S/C16H24N2OS/c19-16(6-9-20-10-7-16)12-18-15(13-4-5-13)11-14-3-1-2-8-17-14/h1-3,8,13,15,18-19H,4-7,9-12H2. The van der Waals surface area contributed by atoms with E-state index >= 15 is 0 Å². The Morgan fingerprint density at radius 3 is 2.80 bits per heavy atom. The van der Waals surface area contributed by atoms with E-state index < -0.39 is 5.60 Å². The molecule has 2 aliphatic rings. The Morgan fingerprint density at radius 2 is 2.15 bits per heavy atom. The molecule has 1 aromatic heterocycles. The van der Waals surface area contributed by atoms with E-state index in [4.69, 9.17) is 0 Å². The Kier molecular flexibility index (Phi) is 4.64. The van der Waals surface area contributed by atoms with Crippen LogP contribution in [0.25, 0.3) is 0 Å². The van der Waals surface area contributed by atoms with Crippen LogP contribution >= 0.6 is 11.8 Å². The fourth-order valence-electron chi connectivity index (χ4n) is 2.90. The maximum Gasteiger partial charge on any atom is 0.0787 e. The topological polar surface area (TPSA) is 45.1 Å². The van der Waals surface area contributed by atoms with Crippen molar-refractivity contribution in [3.63, 3.8) is 0 Å². The molecule has 20 heavy (non-hydrogen) atoms. The highest BCUT2D eigenvalue weighted by Crippen LogP contribution is 2.34. The Labute approximate surface area is 125 Å². The third-order valence-electron chi connectivity index (χ3n) is 4.46. The SMILES string of the molecule is OC1(CNC(Cc2ccccn2)C2CC2)CCSCC1. The lowest BCUT2D eigenvalue weighted by molar-refractivity contribution is 0.0288. The molecule has 110 valence electrons. The minimum atomic E-state index is -0.484. The first kappa shape index (κ1) is 14.4. The summed E-state index contributed by atoms with van der Waals surface area (Å²) in [5, 5.41) is 14.2. The van der Waals surface area contributed by atoms with Crippen molar-refractivity contribution in [1.29, 1.82) is 0 Å². The summed E-state index contributed by atoms with van der Waals surface area (Å²) in [6.45, 7) is 0.738. The molecule has 2 N–H and O–H groups in total. The summed E-state index contributed by atoms with van der Waals surface area (Å²) in [5.74, 6) is 2.96. The molecular formula is C16H24N2OS. The molecule has 1 aliphatic heterocycles. The van der Waals surface area contributed by atoms with Gasteiger partial charge in [0.15, 0.2) is 0 Å². The molecule has 1 unspecified atom stereocenters. The van der Waals surface area contributed by atoms with Gasteiger partial charge >= 0.3 is 0 Å². The molecule has 1 saturated carbocycles. The van der Waals surface area contributed by atoms with Crippen molar-refractivity contribution in [3.8, 4) is 0 Å². The zero-order chi connectivity index (χ0) is 13.8. The zero-order valence-electron chi connectivity index (χ0n) is 11.9. The van der Waals surface area contributed by atoms with E-state index in [1.807, 2.05) is 24.0 Å². The predicted molar refractivity (Wildman–Crippen MR) is 84.0 cm³/mol. The molecule has 3 nitrogen and oxygen atoms in total. The maximum atomic E-state index is 10.6. The molecular weight excluding hydrogens is 268 g/mol. The number of thioether (sulfide) groups is 1. The van der Waals surface area contributed by atoms with Gasteiger partial charge in [0.05, 0.1) is 5.60 Å². The van der Waals surface area contributed by atoms with E-state index in [1.54, 1.807) is 0 Å². The molecule has 0 aromatic carbocycles. The monoisotopic (exact) mass is 292 g/mol. The smallest absolute Gasteiger partial charge is 0.0787 e. The Bertz CT molecular complexity index is 416. The molecule has 2 heterocycles. The molecule has 4 heteroatoms. The van der Waals surface area contributed by atoms with Gasteiger partial charge in [0.1, 0.15) is 0 Å². The van der Waals surface area contributed by atoms with Gasteiger partial charge in [-0.05, 0) is 55.2 Å². The van der Waals surface area contributed by atoms with Crippen LogP contribution in [0.4, 0.5) is 0 Å². The second-order valence-electron chi connectivity index (χ2n) is 6.19. The first-order valence-corrected chi connectivity index (χ1v) is 8.84. The van der Waals surface area contributed by atoms with Crippen LogP contribution in [0.2, 0.25) is 0 Å². The maximum absolute atomic E-state index is 10.6. The summed E-state index contributed by atoms with van der Waals surface area (Å²) in [7, 11) is 0. The van der Waals surface area contributed by atoms with Crippen molar-refractivity contribution in [2.24, 2.45) is 5.92 Å². The number of aromatic nitrogens is 1. The van der Waals surface area contributed by atoms with E-state index in [2.05, 4.69) is 22.4 Å². The Balaban J connectivity index is 1.55. The molecule has 0 amide bonds. The molecule has 0 radical (unpaired) electrons. The fraction of sp³-hybridized carbons (Fsp3) is 0.688. The zero-order valence-corrected chi connectivity index (χ0v) is 12.7. The number of hydrogen-bond acceptors (Lipinski definition) is 4. The van der Waals surface area contributed by atoms with Crippen LogP contribution in [-0.2, 0) is 6.42 Å². The van der Waals surface area contributed by atoms with Gasteiger partial charge in [-0.15, -0.1) is 0 Å². The third-order valence-corrected chi connectivity index (χ3v) is 5.45. The second-order valence-corrected chi connectivity index (χ2v) is 7.41. The number of aliphatic hydroxyl groups is 1. The summed E-state index contributed by atoms with van der Waals surface area (Å²) in [6.07, 6.45) is 7.33. The van der Waals surface area contributed by atoms with Crippen LogP contribution in [-0.4, -0.2) is 39.8 Å². The Hall–Kier alpha value is -0.580. The van der Waals surface area contributed by atoms with Crippen molar-refractivity contribution in [2.75, 3.05) is 18.1 Å². The molecule has 1 atom stereocenters. The molecule has 3 rings (SSSR count). The summed E-state index contributed by atoms with van der Waals surface area (Å²) < 4.78 is 0. The molecule has 1 aliphatic carbocycles. The van der Waals surface area contributed by atoms with Gasteiger partial charge < -0.3 is 10.4 Å². The van der Waals surface area contributed by atoms with Crippen LogP contribution < -0.4 is 5.32 Å². The molecule has 2 fully saturated rings. The highest BCUT2D eigenvalue weighted by molar-refractivity contribution is 7.99. The third kappa shape index (κ3) is 3.96. The van der Waals surface area contributed by atoms with E-state index in [9.17, 15) is 5.11 Å². The van der Waals surface area contributed by atoms with E-state index in [0.29, 0.717) is 6.04 Å². The normalized spacial score (nSPS) is 23.4. The van der Waals surface area contributed by atoms with Crippen LogP contribution in [0.3, 0.4) is 0 Å². The van der Waals surface area contributed by atoms with Crippen LogP contribution in [0, 0.1) is 5.92 Å². The van der Waals surface area contributed by atoms with Crippen molar-refractivity contribution >= 4 is 11.8 Å². The molecule has 0 bridgehead atoms. The number of hydrogen-bond donors (Lipinski definition) is 2. The predicted octanol–water partition coefficient (Wildman–Crippen LogP) is 2.25. The van der Waals surface area contributed by atoms with E-state index in [0.717, 1.165) is 48.9 Å². The number of pyridine rings is 1. The van der Waals surface area contributed by atoms with Crippen LogP contribution in [0.1, 0.15) is 31.4 Å². The van der Waals surface area contributed by atoms with Crippen LogP contribution in [0.5, 0.6) is 0 Å². The molecule has 0 spiro atoms. The highest BCUT2D eigenvalue weighted by atomic mass is 32.2. The van der Waals surface area contributed by atoms with E-state index in [-0.39, 0.29) is 0 Å². The fourth-order valence-corrected chi connectivity index (χ4v) is 4.15. The molecule has 1 saturated heterocycles. The lowest BCUT2D eigenvalue weighted by Crippen LogP contribution is -2.47. The number of nitrogens with one attached hydrogen (secondary N) is 1. The number of rotatable bonds is 6. The summed E-state index contributed by atoms with van der Waals surface area (Å²) in [5.41, 5.74) is 0.672. The largest absolute Gasteiger partial charge is 0.389 e. The first-order valence-electron chi connectivity index (χ1n) is 7.69. The minimum absolute atomic E-state index is 0.475. The summed E-state index contributed by atoms with van der Waals surface area (Å²) >= 11 is 1.95. The van der Waals surface area contributed by atoms with Crippen molar-refractivity contribution in [2.45, 2.75) is 43.7 Å². The van der Waals surface area contributed by atoms with Crippen molar-refractivity contribution < 1.29 is 5.11 Å². The second kappa shape index (κ2) is 6.46. The highest BCUT2D eigenvalue weighted by Gasteiger charge is 2.35. The van der Waals surface area contributed by atoms with Gasteiger partial charge in [-0.1, -0.05) is 6.07 Å². The van der Waals surface area contributed by atoms with Crippen LogP contribution in [0.15, 0.2) is 24.4 Å². The number of nitrogens with zero attached hydrogens (tertiary/aromatic N) is 1. The van der Waals surface area contributed by atoms with E-state index in [1.165, 1.54) is 12.8 Å². The van der Waals surface area contributed by atoms with Crippen molar-refractivity contribution in [1.82, 2.24) is 10.3 Å². The average molecular weight is 292 g/mol. The van der Waals surface area contributed by atoms with Gasteiger partial charge in [0, 0.05) is 30.9 Å². The van der Waals surface area contributed by atoms with Gasteiger partial charge in [-0.25, -0.2) is 0 Å². The lowest BCUT2D eigenvalue weighted by atomic mass is 9.95.